The van der Waals surface area contributed by atoms with Crippen molar-refractivity contribution in [2.24, 2.45) is 5.92 Å². The number of hydrogen-bond donors (Lipinski definition) is 2. The van der Waals surface area contributed by atoms with Crippen molar-refractivity contribution in [2.75, 3.05) is 26.7 Å². The SMILES string of the molecule is CNCC(=O)NC(C)C1CCN(Cc2ccccc2)C1.Cl. The van der Waals surface area contributed by atoms with Gasteiger partial charge in [-0.1, -0.05) is 30.3 Å². The molecule has 1 fully saturated rings. The summed E-state index contributed by atoms with van der Waals surface area (Å²) >= 11 is 0. The van der Waals surface area contributed by atoms with Crippen molar-refractivity contribution in [3.63, 3.8) is 0 Å². The Hall–Kier alpha value is -1.10. The molecule has 0 aromatic heterocycles. The molecule has 0 aliphatic carbocycles. The number of nitrogens with one attached hydrogen (secondary N) is 2. The third-order valence-electron chi connectivity index (χ3n) is 3.99. The zero-order valence-electron chi connectivity index (χ0n) is 12.8. The van der Waals surface area contributed by atoms with Crippen molar-refractivity contribution in [3.8, 4) is 0 Å². The Kier molecular flexibility index (Phi) is 7.72. The first kappa shape index (κ1) is 18.0. The van der Waals surface area contributed by atoms with Crippen LogP contribution in [0, 0.1) is 5.92 Å². The highest BCUT2D eigenvalue weighted by molar-refractivity contribution is 5.85. The van der Waals surface area contributed by atoms with Crippen LogP contribution in [0.5, 0.6) is 0 Å². The fraction of sp³-hybridized carbons (Fsp3) is 0.562. The topological polar surface area (TPSA) is 44.4 Å². The second-order valence-electron chi connectivity index (χ2n) is 5.66. The highest BCUT2D eigenvalue weighted by Gasteiger charge is 2.27. The van der Waals surface area contributed by atoms with Crippen molar-refractivity contribution >= 4 is 18.3 Å². The summed E-state index contributed by atoms with van der Waals surface area (Å²) < 4.78 is 0. The molecule has 1 aromatic rings. The number of amides is 1. The van der Waals surface area contributed by atoms with Crippen LogP contribution < -0.4 is 10.6 Å². The predicted octanol–water partition coefficient (Wildman–Crippen LogP) is 1.65. The summed E-state index contributed by atoms with van der Waals surface area (Å²) in [7, 11) is 1.79. The van der Waals surface area contributed by atoms with Gasteiger partial charge in [-0.15, -0.1) is 12.4 Å². The zero-order valence-corrected chi connectivity index (χ0v) is 13.7. The van der Waals surface area contributed by atoms with Crippen LogP contribution in [0.25, 0.3) is 0 Å². The van der Waals surface area contributed by atoms with E-state index >= 15 is 0 Å². The lowest BCUT2D eigenvalue weighted by Gasteiger charge is -2.21. The lowest BCUT2D eigenvalue weighted by molar-refractivity contribution is -0.121. The minimum atomic E-state index is 0. The summed E-state index contributed by atoms with van der Waals surface area (Å²) in [6, 6.07) is 10.8. The zero-order chi connectivity index (χ0) is 14.4. The monoisotopic (exact) mass is 311 g/mol. The molecule has 2 N–H and O–H groups in total. The van der Waals surface area contributed by atoms with Crippen molar-refractivity contribution < 1.29 is 4.79 Å². The minimum Gasteiger partial charge on any atom is -0.352 e. The maximum Gasteiger partial charge on any atom is 0.234 e. The van der Waals surface area contributed by atoms with Gasteiger partial charge in [0.15, 0.2) is 0 Å². The van der Waals surface area contributed by atoms with Crippen LogP contribution in [0.3, 0.4) is 0 Å². The number of halogens is 1. The molecule has 1 heterocycles. The third kappa shape index (κ3) is 5.65. The number of carbonyl (C=O) groups is 1. The van der Waals surface area contributed by atoms with Crippen molar-refractivity contribution in [3.05, 3.63) is 35.9 Å². The van der Waals surface area contributed by atoms with Gasteiger partial charge in [0.2, 0.25) is 5.91 Å². The van der Waals surface area contributed by atoms with E-state index in [0.29, 0.717) is 12.5 Å². The minimum absolute atomic E-state index is 0. The van der Waals surface area contributed by atoms with E-state index in [4.69, 9.17) is 0 Å². The normalized spacial score (nSPS) is 19.8. The molecule has 0 radical (unpaired) electrons. The number of hydrogen-bond acceptors (Lipinski definition) is 3. The van der Waals surface area contributed by atoms with E-state index in [0.717, 1.165) is 26.1 Å². The van der Waals surface area contributed by atoms with Crippen LogP contribution in [-0.2, 0) is 11.3 Å². The number of likely N-dealkylation sites (N-methyl/N-ethyl adjacent to an activating group) is 1. The summed E-state index contributed by atoms with van der Waals surface area (Å²) in [5.74, 6) is 0.640. The van der Waals surface area contributed by atoms with Crippen LogP contribution in [0.4, 0.5) is 0 Å². The Balaban J connectivity index is 0.00000220. The average Bonchev–Trinajstić information content (AvgIpc) is 2.89. The molecule has 0 spiro atoms. The van der Waals surface area contributed by atoms with Gasteiger partial charge in [0.25, 0.3) is 0 Å². The van der Waals surface area contributed by atoms with E-state index in [1.165, 1.54) is 5.56 Å². The van der Waals surface area contributed by atoms with Gasteiger partial charge < -0.3 is 10.6 Å². The molecule has 1 aliphatic heterocycles. The van der Waals surface area contributed by atoms with E-state index in [9.17, 15) is 4.79 Å². The molecule has 2 unspecified atom stereocenters. The van der Waals surface area contributed by atoms with Crippen LogP contribution in [-0.4, -0.2) is 43.5 Å². The molecular formula is C16H26ClN3O. The lowest BCUT2D eigenvalue weighted by Crippen LogP contribution is -2.42. The Morgan fingerprint density at radius 1 is 1.38 bits per heavy atom. The summed E-state index contributed by atoms with van der Waals surface area (Å²) in [6.07, 6.45) is 1.16. The van der Waals surface area contributed by atoms with Gasteiger partial charge in [-0.25, -0.2) is 0 Å². The third-order valence-corrected chi connectivity index (χ3v) is 3.99. The highest BCUT2D eigenvalue weighted by Crippen LogP contribution is 2.21. The lowest BCUT2D eigenvalue weighted by atomic mass is 10.0. The first-order valence-electron chi connectivity index (χ1n) is 7.39. The molecule has 2 rings (SSSR count). The first-order valence-corrected chi connectivity index (χ1v) is 7.39. The first-order chi connectivity index (χ1) is 9.69. The summed E-state index contributed by atoms with van der Waals surface area (Å²) in [6.45, 7) is 5.70. The van der Waals surface area contributed by atoms with E-state index in [2.05, 4.69) is 52.8 Å². The predicted molar refractivity (Wildman–Crippen MR) is 88.6 cm³/mol. The van der Waals surface area contributed by atoms with E-state index in [1.807, 2.05) is 0 Å². The largest absolute Gasteiger partial charge is 0.352 e. The van der Waals surface area contributed by atoms with E-state index in [-0.39, 0.29) is 24.4 Å². The second-order valence-corrected chi connectivity index (χ2v) is 5.66. The van der Waals surface area contributed by atoms with E-state index in [1.54, 1.807) is 7.05 Å². The Bertz CT molecular complexity index is 427. The molecule has 0 bridgehead atoms. The molecule has 0 saturated carbocycles. The molecule has 4 nitrogen and oxygen atoms in total. The van der Waals surface area contributed by atoms with Gasteiger partial charge in [-0.05, 0) is 38.4 Å². The number of benzene rings is 1. The quantitative estimate of drug-likeness (QED) is 0.840. The molecule has 5 heteroatoms. The van der Waals surface area contributed by atoms with Gasteiger partial charge in [0, 0.05) is 19.1 Å². The highest BCUT2D eigenvalue weighted by atomic mass is 35.5. The standard InChI is InChI=1S/C16H25N3O.ClH/c1-13(18-16(20)10-17-2)15-8-9-19(12-15)11-14-6-4-3-5-7-14;/h3-7,13,15,17H,8-12H2,1-2H3,(H,18,20);1H. The van der Waals surface area contributed by atoms with Gasteiger partial charge in [-0.2, -0.15) is 0 Å². The van der Waals surface area contributed by atoms with Crippen molar-refractivity contribution in [1.82, 2.24) is 15.5 Å². The Morgan fingerprint density at radius 2 is 2.10 bits per heavy atom. The molecule has 1 saturated heterocycles. The summed E-state index contributed by atoms with van der Waals surface area (Å²) in [5.41, 5.74) is 1.36. The Labute approximate surface area is 133 Å². The van der Waals surface area contributed by atoms with Crippen LogP contribution in [0.2, 0.25) is 0 Å². The van der Waals surface area contributed by atoms with Gasteiger partial charge in [-0.3, -0.25) is 9.69 Å². The van der Waals surface area contributed by atoms with Crippen LogP contribution >= 0.6 is 12.4 Å². The molecule has 1 amide bonds. The molecule has 2 atom stereocenters. The van der Waals surface area contributed by atoms with Crippen LogP contribution in [0.15, 0.2) is 30.3 Å². The molecule has 21 heavy (non-hydrogen) atoms. The molecule has 1 aliphatic rings. The smallest absolute Gasteiger partial charge is 0.234 e. The molecule has 118 valence electrons. The number of likely N-dealkylation sites (tertiary alicyclic amines) is 1. The molecule has 1 aromatic carbocycles. The fourth-order valence-electron chi connectivity index (χ4n) is 2.84. The summed E-state index contributed by atoms with van der Waals surface area (Å²) in [4.78, 5) is 14.1. The number of carbonyl (C=O) groups excluding carboxylic acids is 1. The van der Waals surface area contributed by atoms with Gasteiger partial charge >= 0.3 is 0 Å². The summed E-state index contributed by atoms with van der Waals surface area (Å²) in [5, 5.41) is 5.96. The average molecular weight is 312 g/mol. The van der Waals surface area contributed by atoms with Gasteiger partial charge in [0.1, 0.15) is 0 Å². The van der Waals surface area contributed by atoms with E-state index < -0.39 is 0 Å². The molecular weight excluding hydrogens is 286 g/mol. The maximum absolute atomic E-state index is 11.6. The number of rotatable bonds is 6. The number of nitrogens with zero attached hydrogens (tertiary/aromatic N) is 1. The Morgan fingerprint density at radius 3 is 2.76 bits per heavy atom. The fourth-order valence-corrected chi connectivity index (χ4v) is 2.84. The second kappa shape index (κ2) is 9.03. The van der Waals surface area contributed by atoms with Crippen molar-refractivity contribution in [2.45, 2.75) is 25.9 Å². The maximum atomic E-state index is 11.6. The van der Waals surface area contributed by atoms with Gasteiger partial charge in [0.05, 0.1) is 6.54 Å². The van der Waals surface area contributed by atoms with Crippen molar-refractivity contribution in [1.29, 1.82) is 0 Å². The van der Waals surface area contributed by atoms with Crippen LogP contribution in [0.1, 0.15) is 18.9 Å².